The molecule has 0 fully saturated rings. The molecule has 2 rings (SSSR count). The van der Waals surface area contributed by atoms with Gasteiger partial charge in [0.05, 0.1) is 31.9 Å². The lowest BCUT2D eigenvalue weighted by molar-refractivity contribution is -0.138. The number of aromatic carboxylic acids is 1. The second kappa shape index (κ2) is 5.95. The zero-order valence-corrected chi connectivity index (χ0v) is 12.6. The maximum absolute atomic E-state index is 13.0. The van der Waals surface area contributed by atoms with Gasteiger partial charge in [-0.25, -0.2) is 4.79 Å². The second-order valence-electron chi connectivity index (χ2n) is 4.13. The van der Waals surface area contributed by atoms with E-state index in [1.807, 2.05) is 0 Å². The maximum atomic E-state index is 13.0. The van der Waals surface area contributed by atoms with E-state index in [1.165, 1.54) is 12.1 Å². The number of carbonyl (C=O) groups is 1. The Morgan fingerprint density at radius 3 is 2.23 bits per heavy atom. The van der Waals surface area contributed by atoms with Gasteiger partial charge in [-0.3, -0.25) is 4.98 Å². The van der Waals surface area contributed by atoms with Gasteiger partial charge in [0, 0.05) is 11.8 Å². The van der Waals surface area contributed by atoms with E-state index in [0.29, 0.717) is 6.07 Å². The first-order chi connectivity index (χ1) is 10.1. The van der Waals surface area contributed by atoms with Crippen LogP contribution in [0.2, 0.25) is 15.1 Å². The highest BCUT2D eigenvalue weighted by Crippen LogP contribution is 2.39. The standard InChI is InChI=1S/C13H5Cl3F3NO2/c14-7-4-9(16)8(15)3-5(7)11-10(12(21)22)6(1-2-20-11)13(17,18)19/h1-4H,(H,21,22). The third-order valence-corrected chi connectivity index (χ3v) is 3.77. The lowest BCUT2D eigenvalue weighted by Crippen LogP contribution is -2.15. The number of alkyl halides is 3. The van der Waals surface area contributed by atoms with E-state index in [4.69, 9.17) is 39.9 Å². The van der Waals surface area contributed by atoms with Crippen LogP contribution >= 0.6 is 34.8 Å². The molecule has 0 spiro atoms. The third-order valence-electron chi connectivity index (χ3n) is 2.74. The van der Waals surface area contributed by atoms with Crippen molar-refractivity contribution in [2.75, 3.05) is 0 Å². The van der Waals surface area contributed by atoms with Crippen LogP contribution in [-0.2, 0) is 6.18 Å². The van der Waals surface area contributed by atoms with Crippen molar-refractivity contribution < 1.29 is 23.1 Å². The fourth-order valence-electron chi connectivity index (χ4n) is 1.82. The average molecular weight is 371 g/mol. The number of rotatable bonds is 2. The van der Waals surface area contributed by atoms with Crippen LogP contribution in [0.1, 0.15) is 15.9 Å². The number of halogens is 6. The van der Waals surface area contributed by atoms with Gasteiger partial charge in [0.1, 0.15) is 0 Å². The Kier molecular flexibility index (Phi) is 4.56. The van der Waals surface area contributed by atoms with Gasteiger partial charge in [-0.05, 0) is 18.2 Å². The lowest BCUT2D eigenvalue weighted by Gasteiger charge is -2.14. The maximum Gasteiger partial charge on any atom is 0.417 e. The van der Waals surface area contributed by atoms with E-state index in [1.54, 1.807) is 0 Å². The number of benzene rings is 1. The van der Waals surface area contributed by atoms with Crippen LogP contribution < -0.4 is 0 Å². The van der Waals surface area contributed by atoms with E-state index >= 15 is 0 Å². The average Bonchev–Trinajstić information content (AvgIpc) is 2.41. The second-order valence-corrected chi connectivity index (χ2v) is 5.35. The zero-order chi connectivity index (χ0) is 16.7. The molecular weight excluding hydrogens is 366 g/mol. The predicted octanol–water partition coefficient (Wildman–Crippen LogP) is 5.43. The smallest absolute Gasteiger partial charge is 0.417 e. The summed E-state index contributed by atoms with van der Waals surface area (Å²) in [5.74, 6) is -1.78. The summed E-state index contributed by atoms with van der Waals surface area (Å²) in [6, 6.07) is 2.95. The van der Waals surface area contributed by atoms with Crippen molar-refractivity contribution in [1.29, 1.82) is 0 Å². The van der Waals surface area contributed by atoms with Crippen molar-refractivity contribution >= 4 is 40.8 Å². The molecule has 22 heavy (non-hydrogen) atoms. The van der Waals surface area contributed by atoms with Crippen LogP contribution in [-0.4, -0.2) is 16.1 Å². The Morgan fingerprint density at radius 2 is 1.68 bits per heavy atom. The Labute approximate surface area is 137 Å². The van der Waals surface area contributed by atoms with Gasteiger partial charge in [-0.2, -0.15) is 13.2 Å². The zero-order valence-electron chi connectivity index (χ0n) is 10.4. The first-order valence-electron chi connectivity index (χ1n) is 5.57. The van der Waals surface area contributed by atoms with Gasteiger partial charge in [-0.15, -0.1) is 0 Å². The molecule has 1 aromatic heterocycles. The first-order valence-corrected chi connectivity index (χ1v) is 6.70. The molecule has 0 radical (unpaired) electrons. The lowest BCUT2D eigenvalue weighted by atomic mass is 10.0. The quantitative estimate of drug-likeness (QED) is 0.718. The SMILES string of the molecule is O=C(O)c1c(C(F)(F)F)ccnc1-c1cc(Cl)c(Cl)cc1Cl. The molecule has 0 aliphatic carbocycles. The van der Waals surface area contributed by atoms with Crippen molar-refractivity contribution in [3.8, 4) is 11.3 Å². The normalized spacial score (nSPS) is 11.5. The summed E-state index contributed by atoms with van der Waals surface area (Å²) < 4.78 is 38.9. The largest absolute Gasteiger partial charge is 0.478 e. The monoisotopic (exact) mass is 369 g/mol. The van der Waals surface area contributed by atoms with Gasteiger partial charge >= 0.3 is 12.1 Å². The number of pyridine rings is 1. The van der Waals surface area contributed by atoms with Crippen molar-refractivity contribution in [1.82, 2.24) is 4.98 Å². The minimum Gasteiger partial charge on any atom is -0.478 e. The number of hydrogen-bond acceptors (Lipinski definition) is 2. The molecule has 116 valence electrons. The Morgan fingerprint density at radius 1 is 1.09 bits per heavy atom. The van der Waals surface area contributed by atoms with Crippen LogP contribution in [0.15, 0.2) is 24.4 Å². The highest BCUT2D eigenvalue weighted by Gasteiger charge is 2.37. The summed E-state index contributed by atoms with van der Waals surface area (Å²) >= 11 is 17.5. The molecule has 1 N–H and O–H groups in total. The van der Waals surface area contributed by atoms with Crippen LogP contribution in [0.3, 0.4) is 0 Å². The summed E-state index contributed by atoms with van der Waals surface area (Å²) in [5, 5.41) is 9.17. The van der Waals surface area contributed by atoms with Gasteiger partial charge in [-0.1, -0.05) is 34.8 Å². The van der Waals surface area contributed by atoms with E-state index in [9.17, 15) is 18.0 Å². The van der Waals surface area contributed by atoms with Gasteiger partial charge in [0.15, 0.2) is 0 Å². The van der Waals surface area contributed by atoms with Crippen molar-refractivity contribution in [2.45, 2.75) is 6.18 Å². The minimum absolute atomic E-state index is 0.0108. The van der Waals surface area contributed by atoms with E-state index in [0.717, 1.165) is 6.20 Å². The summed E-state index contributed by atoms with van der Waals surface area (Å²) in [5.41, 5.74) is -2.83. The first kappa shape index (κ1) is 16.9. The molecule has 0 aliphatic heterocycles. The Balaban J connectivity index is 2.82. The fourth-order valence-corrected chi connectivity index (χ4v) is 2.46. The number of hydrogen-bond donors (Lipinski definition) is 1. The van der Waals surface area contributed by atoms with Crippen LogP contribution in [0.5, 0.6) is 0 Å². The van der Waals surface area contributed by atoms with Crippen LogP contribution in [0.4, 0.5) is 13.2 Å². The minimum atomic E-state index is -4.85. The number of aromatic nitrogens is 1. The van der Waals surface area contributed by atoms with Crippen molar-refractivity contribution in [3.05, 3.63) is 50.6 Å². The molecule has 0 bridgehead atoms. The highest BCUT2D eigenvalue weighted by molar-refractivity contribution is 6.44. The van der Waals surface area contributed by atoms with Crippen molar-refractivity contribution in [2.24, 2.45) is 0 Å². The van der Waals surface area contributed by atoms with Gasteiger partial charge in [0.25, 0.3) is 0 Å². The topological polar surface area (TPSA) is 50.2 Å². The summed E-state index contributed by atoms with van der Waals surface area (Å²) in [4.78, 5) is 15.0. The fraction of sp³-hybridized carbons (Fsp3) is 0.0769. The molecule has 9 heteroatoms. The third kappa shape index (κ3) is 3.14. The highest BCUT2D eigenvalue weighted by atomic mass is 35.5. The summed E-state index contributed by atoms with van der Waals surface area (Å²) in [6.07, 6.45) is -4.00. The van der Waals surface area contributed by atoms with Crippen LogP contribution in [0, 0.1) is 0 Å². The molecule has 0 atom stereocenters. The molecular formula is C13H5Cl3F3NO2. The molecule has 0 unspecified atom stereocenters. The van der Waals surface area contributed by atoms with E-state index in [-0.39, 0.29) is 20.6 Å². The molecule has 0 amide bonds. The molecule has 3 nitrogen and oxygen atoms in total. The summed E-state index contributed by atoms with van der Waals surface area (Å²) in [6.45, 7) is 0. The van der Waals surface area contributed by atoms with E-state index < -0.39 is 29.0 Å². The predicted molar refractivity (Wildman–Crippen MR) is 76.7 cm³/mol. The number of nitrogens with zero attached hydrogens (tertiary/aromatic N) is 1. The van der Waals surface area contributed by atoms with Gasteiger partial charge < -0.3 is 5.11 Å². The molecule has 0 saturated carbocycles. The van der Waals surface area contributed by atoms with Crippen LogP contribution in [0.25, 0.3) is 11.3 Å². The Bertz CT molecular complexity index is 763. The van der Waals surface area contributed by atoms with Crippen molar-refractivity contribution in [3.63, 3.8) is 0 Å². The number of carboxylic acid groups (broad SMARTS) is 1. The van der Waals surface area contributed by atoms with E-state index in [2.05, 4.69) is 4.98 Å². The molecule has 0 aliphatic rings. The Hall–Kier alpha value is -1.50. The van der Waals surface area contributed by atoms with Gasteiger partial charge in [0.2, 0.25) is 0 Å². The number of carboxylic acids is 1. The molecule has 0 saturated heterocycles. The molecule has 2 aromatic rings. The summed E-state index contributed by atoms with van der Waals surface area (Å²) in [7, 11) is 0. The molecule has 1 aromatic carbocycles. The molecule has 1 heterocycles.